The van der Waals surface area contributed by atoms with Crippen LogP contribution in [0, 0.1) is 12.1 Å². The fourth-order valence-corrected chi connectivity index (χ4v) is 1.84. The van der Waals surface area contributed by atoms with E-state index in [-0.39, 0.29) is 5.91 Å². The number of carbonyl (C=O) groups excluding carboxylic acids is 1. The van der Waals surface area contributed by atoms with E-state index in [4.69, 9.17) is 4.74 Å². The van der Waals surface area contributed by atoms with E-state index in [1.807, 2.05) is 32.0 Å². The minimum atomic E-state index is -0.249. The van der Waals surface area contributed by atoms with E-state index in [9.17, 15) is 10.0 Å². The standard InChI is InChI=1S/C16H18N2O3/c1-3-10-21-14-4-5-15(12(2)11-14)17-16(19)13-6-8-18(20)9-7-13/h4-9,11H,3,10H2,1-2H3,(H,17,19). The molecule has 110 valence electrons. The third-order valence-corrected chi connectivity index (χ3v) is 2.98. The molecule has 2 rings (SSSR count). The number of anilines is 1. The predicted molar refractivity (Wildman–Crippen MR) is 80.3 cm³/mol. The quantitative estimate of drug-likeness (QED) is 0.679. The summed E-state index contributed by atoms with van der Waals surface area (Å²) in [5.41, 5.74) is 2.09. The Kier molecular flexibility index (Phi) is 4.77. The number of ether oxygens (including phenoxy) is 1. The van der Waals surface area contributed by atoms with E-state index in [0.29, 0.717) is 16.9 Å². The maximum atomic E-state index is 12.1. The highest BCUT2D eigenvalue weighted by atomic mass is 16.5. The lowest BCUT2D eigenvalue weighted by Gasteiger charge is -2.11. The molecule has 0 fully saturated rings. The highest BCUT2D eigenvalue weighted by Gasteiger charge is 2.09. The Morgan fingerprint density at radius 3 is 2.62 bits per heavy atom. The van der Waals surface area contributed by atoms with Gasteiger partial charge in [-0.25, -0.2) is 0 Å². The van der Waals surface area contributed by atoms with E-state index in [2.05, 4.69) is 5.32 Å². The molecule has 1 amide bonds. The molecule has 0 spiro atoms. The molecule has 0 aliphatic rings. The lowest BCUT2D eigenvalue weighted by atomic mass is 10.1. The molecule has 5 nitrogen and oxygen atoms in total. The Balaban J connectivity index is 2.08. The summed E-state index contributed by atoms with van der Waals surface area (Å²) in [5.74, 6) is 0.542. The third-order valence-electron chi connectivity index (χ3n) is 2.98. The fraction of sp³-hybridized carbons (Fsp3) is 0.250. The van der Waals surface area contributed by atoms with Crippen molar-refractivity contribution in [3.05, 3.63) is 59.1 Å². The Morgan fingerprint density at radius 1 is 1.29 bits per heavy atom. The topological polar surface area (TPSA) is 65.3 Å². The first-order chi connectivity index (χ1) is 10.1. The summed E-state index contributed by atoms with van der Waals surface area (Å²) in [7, 11) is 0. The van der Waals surface area contributed by atoms with Gasteiger partial charge in [0.15, 0.2) is 12.4 Å². The number of aryl methyl sites for hydroxylation is 1. The van der Waals surface area contributed by atoms with Gasteiger partial charge in [0.1, 0.15) is 5.75 Å². The number of hydrogen-bond donors (Lipinski definition) is 1. The number of aromatic nitrogens is 1. The molecule has 5 heteroatoms. The van der Waals surface area contributed by atoms with E-state index in [1.165, 1.54) is 24.5 Å². The summed E-state index contributed by atoms with van der Waals surface area (Å²) in [6, 6.07) is 8.50. The first kappa shape index (κ1) is 14.8. The van der Waals surface area contributed by atoms with Crippen molar-refractivity contribution in [3.8, 4) is 5.75 Å². The lowest BCUT2D eigenvalue weighted by molar-refractivity contribution is -0.605. The van der Waals surface area contributed by atoms with Gasteiger partial charge in [0, 0.05) is 17.8 Å². The summed E-state index contributed by atoms with van der Waals surface area (Å²) >= 11 is 0. The van der Waals surface area contributed by atoms with Crippen molar-refractivity contribution in [1.29, 1.82) is 0 Å². The molecule has 21 heavy (non-hydrogen) atoms. The fourth-order valence-electron chi connectivity index (χ4n) is 1.84. The van der Waals surface area contributed by atoms with Crippen LogP contribution in [0.25, 0.3) is 0 Å². The lowest BCUT2D eigenvalue weighted by Crippen LogP contribution is -2.25. The van der Waals surface area contributed by atoms with Gasteiger partial charge >= 0.3 is 0 Å². The Hall–Kier alpha value is -2.56. The molecule has 1 heterocycles. The first-order valence-electron chi connectivity index (χ1n) is 6.84. The van der Waals surface area contributed by atoms with Crippen molar-refractivity contribution < 1.29 is 14.3 Å². The molecule has 0 aliphatic heterocycles. The monoisotopic (exact) mass is 286 g/mol. The van der Waals surface area contributed by atoms with Crippen molar-refractivity contribution in [3.63, 3.8) is 0 Å². The summed E-state index contributed by atoms with van der Waals surface area (Å²) in [5, 5.41) is 13.8. The average Bonchev–Trinajstić information content (AvgIpc) is 2.48. The van der Waals surface area contributed by atoms with Gasteiger partial charge in [-0.1, -0.05) is 6.92 Å². The average molecular weight is 286 g/mol. The van der Waals surface area contributed by atoms with E-state index in [1.54, 1.807) is 0 Å². The third kappa shape index (κ3) is 3.95. The van der Waals surface area contributed by atoms with E-state index in [0.717, 1.165) is 23.4 Å². The number of amides is 1. The van der Waals surface area contributed by atoms with Crippen LogP contribution in [0.4, 0.5) is 5.69 Å². The van der Waals surface area contributed by atoms with Crippen LogP contribution in [0.5, 0.6) is 5.75 Å². The van der Waals surface area contributed by atoms with Crippen LogP contribution in [-0.4, -0.2) is 12.5 Å². The number of carbonyl (C=O) groups is 1. The molecular formula is C16H18N2O3. The van der Waals surface area contributed by atoms with Gasteiger partial charge in [-0.3, -0.25) is 4.79 Å². The Labute approximate surface area is 123 Å². The number of pyridine rings is 1. The Morgan fingerprint density at radius 2 is 2.00 bits per heavy atom. The van der Waals surface area contributed by atoms with Crippen molar-refractivity contribution >= 4 is 11.6 Å². The molecule has 0 saturated heterocycles. The maximum Gasteiger partial charge on any atom is 0.256 e. The number of hydrogen-bond acceptors (Lipinski definition) is 3. The molecule has 0 saturated carbocycles. The van der Waals surface area contributed by atoms with Crippen molar-refractivity contribution in [2.75, 3.05) is 11.9 Å². The molecular weight excluding hydrogens is 268 g/mol. The van der Waals surface area contributed by atoms with Gasteiger partial charge in [-0.2, -0.15) is 4.73 Å². The van der Waals surface area contributed by atoms with Gasteiger partial charge in [-0.05, 0) is 37.1 Å². The van der Waals surface area contributed by atoms with Crippen molar-refractivity contribution in [1.82, 2.24) is 0 Å². The molecule has 0 bridgehead atoms. The van der Waals surface area contributed by atoms with Gasteiger partial charge in [0.25, 0.3) is 5.91 Å². The first-order valence-corrected chi connectivity index (χ1v) is 6.84. The number of nitrogens with one attached hydrogen (secondary N) is 1. The van der Waals surface area contributed by atoms with Crippen LogP contribution in [0.15, 0.2) is 42.7 Å². The maximum absolute atomic E-state index is 12.1. The number of benzene rings is 1. The van der Waals surface area contributed by atoms with Crippen LogP contribution >= 0.6 is 0 Å². The molecule has 0 radical (unpaired) electrons. The van der Waals surface area contributed by atoms with E-state index < -0.39 is 0 Å². The van der Waals surface area contributed by atoms with Crippen LogP contribution in [0.2, 0.25) is 0 Å². The van der Waals surface area contributed by atoms with Crippen molar-refractivity contribution in [2.24, 2.45) is 0 Å². The number of rotatable bonds is 5. The van der Waals surface area contributed by atoms with Gasteiger partial charge in [-0.15, -0.1) is 0 Å². The second kappa shape index (κ2) is 6.74. The highest BCUT2D eigenvalue weighted by molar-refractivity contribution is 6.04. The molecule has 1 N–H and O–H groups in total. The predicted octanol–water partition coefficient (Wildman–Crippen LogP) is 2.67. The Bertz CT molecular complexity index is 624. The molecule has 2 aromatic rings. The molecule has 0 atom stereocenters. The molecule has 1 aromatic carbocycles. The van der Waals surface area contributed by atoms with Crippen LogP contribution < -0.4 is 14.8 Å². The molecule has 1 aromatic heterocycles. The van der Waals surface area contributed by atoms with Crippen LogP contribution in [0.3, 0.4) is 0 Å². The minimum Gasteiger partial charge on any atom is -0.619 e. The van der Waals surface area contributed by atoms with Gasteiger partial charge in [0.05, 0.1) is 12.2 Å². The second-order valence-electron chi connectivity index (χ2n) is 4.73. The minimum absolute atomic E-state index is 0.249. The largest absolute Gasteiger partial charge is 0.619 e. The van der Waals surface area contributed by atoms with Crippen LogP contribution in [0.1, 0.15) is 29.3 Å². The SMILES string of the molecule is CCCOc1ccc(NC(=O)c2cc[n+]([O-])cc2)c(C)c1. The molecule has 0 unspecified atom stereocenters. The van der Waals surface area contributed by atoms with Crippen molar-refractivity contribution in [2.45, 2.75) is 20.3 Å². The smallest absolute Gasteiger partial charge is 0.256 e. The second-order valence-corrected chi connectivity index (χ2v) is 4.73. The van der Waals surface area contributed by atoms with Crippen LogP contribution in [-0.2, 0) is 0 Å². The van der Waals surface area contributed by atoms with E-state index >= 15 is 0 Å². The van der Waals surface area contributed by atoms with Gasteiger partial charge < -0.3 is 15.3 Å². The summed E-state index contributed by atoms with van der Waals surface area (Å²) in [4.78, 5) is 12.1. The summed E-state index contributed by atoms with van der Waals surface area (Å²) in [6.45, 7) is 4.63. The zero-order valence-corrected chi connectivity index (χ0v) is 12.1. The summed E-state index contributed by atoms with van der Waals surface area (Å²) in [6.07, 6.45) is 3.54. The molecule has 0 aliphatic carbocycles. The van der Waals surface area contributed by atoms with Gasteiger partial charge in [0.2, 0.25) is 0 Å². The zero-order chi connectivity index (χ0) is 15.2. The number of nitrogens with zero attached hydrogens (tertiary/aromatic N) is 1. The highest BCUT2D eigenvalue weighted by Crippen LogP contribution is 2.22. The normalized spacial score (nSPS) is 10.2. The summed E-state index contributed by atoms with van der Waals surface area (Å²) < 4.78 is 6.18. The zero-order valence-electron chi connectivity index (χ0n) is 12.1.